The van der Waals surface area contributed by atoms with Crippen LogP contribution in [0.1, 0.15) is 48.7 Å². The number of carboxylic acids is 1. The lowest BCUT2D eigenvalue weighted by molar-refractivity contribution is -0.143. The van der Waals surface area contributed by atoms with Crippen LogP contribution < -0.4 is 9.64 Å². The molecule has 1 saturated heterocycles. The van der Waals surface area contributed by atoms with Gasteiger partial charge in [-0.2, -0.15) is 5.10 Å². The van der Waals surface area contributed by atoms with Crippen molar-refractivity contribution in [1.82, 2.24) is 19.3 Å². The molecule has 1 aliphatic heterocycles. The maximum Gasteiger partial charge on any atom is 0.307 e. The third kappa shape index (κ3) is 5.20. The smallest absolute Gasteiger partial charge is 0.307 e. The van der Waals surface area contributed by atoms with Crippen LogP contribution in [0.2, 0.25) is 0 Å². The lowest BCUT2D eigenvalue weighted by atomic mass is 9.78. The van der Waals surface area contributed by atoms with Gasteiger partial charge in [-0.3, -0.25) is 9.48 Å². The topological polar surface area (TPSA) is 85.4 Å². The van der Waals surface area contributed by atoms with Crippen molar-refractivity contribution in [3.63, 3.8) is 0 Å². The van der Waals surface area contributed by atoms with Crippen LogP contribution in [-0.4, -0.2) is 49.4 Å². The number of carbonyl (C=O) groups is 1. The molecule has 39 heavy (non-hydrogen) atoms. The fourth-order valence-electron chi connectivity index (χ4n) is 5.82. The molecule has 6 rings (SSSR count). The van der Waals surface area contributed by atoms with E-state index in [1.165, 1.54) is 0 Å². The van der Waals surface area contributed by atoms with E-state index in [2.05, 4.69) is 9.67 Å². The quantitative estimate of drug-likeness (QED) is 0.333. The van der Waals surface area contributed by atoms with E-state index >= 15 is 0 Å². The van der Waals surface area contributed by atoms with Crippen LogP contribution in [0.4, 0.5) is 14.5 Å². The lowest BCUT2D eigenvalue weighted by Gasteiger charge is -2.40. The highest BCUT2D eigenvalue weighted by Crippen LogP contribution is 2.40. The molecule has 2 aromatic carbocycles. The molecule has 0 radical (unpaired) electrons. The third-order valence-corrected chi connectivity index (χ3v) is 7.78. The number of hydrogen-bond donors (Lipinski definition) is 1. The number of aromatic nitrogens is 4. The summed E-state index contributed by atoms with van der Waals surface area (Å²) in [4.78, 5) is 18.8. The number of imidazole rings is 1. The van der Waals surface area contributed by atoms with Crippen molar-refractivity contribution in [2.24, 2.45) is 13.0 Å². The van der Waals surface area contributed by atoms with Crippen LogP contribution in [-0.2, 0) is 25.0 Å². The third-order valence-electron chi connectivity index (χ3n) is 7.78. The summed E-state index contributed by atoms with van der Waals surface area (Å²) in [5.74, 6) is -2.74. The minimum absolute atomic E-state index is 0.209. The molecule has 0 amide bonds. The lowest BCUT2D eigenvalue weighted by Crippen LogP contribution is -2.56. The molecular formula is C29H31F2N5O3. The van der Waals surface area contributed by atoms with Gasteiger partial charge in [-0.25, -0.2) is 13.8 Å². The van der Waals surface area contributed by atoms with Crippen molar-refractivity contribution in [2.75, 3.05) is 18.0 Å². The first-order valence-electron chi connectivity index (χ1n) is 13.3. The molecule has 2 aliphatic rings. The molecule has 1 saturated carbocycles. The number of aryl methyl sites for hydroxylation is 1. The van der Waals surface area contributed by atoms with Gasteiger partial charge in [-0.1, -0.05) is 25.0 Å². The molecule has 0 bridgehead atoms. The van der Waals surface area contributed by atoms with Crippen LogP contribution in [0.25, 0.3) is 11.0 Å². The molecule has 0 spiro atoms. The van der Waals surface area contributed by atoms with Crippen molar-refractivity contribution in [3.05, 3.63) is 71.8 Å². The summed E-state index contributed by atoms with van der Waals surface area (Å²) in [6.45, 7) is 0.195. The maximum atomic E-state index is 13.5. The summed E-state index contributed by atoms with van der Waals surface area (Å²) in [5, 5.41) is 14.4. The van der Waals surface area contributed by atoms with Crippen molar-refractivity contribution in [1.29, 1.82) is 0 Å². The second-order valence-corrected chi connectivity index (χ2v) is 10.7. The predicted molar refractivity (Wildman–Crippen MR) is 142 cm³/mol. The fraction of sp³-hybridized carbons (Fsp3) is 0.414. The molecule has 204 valence electrons. The summed E-state index contributed by atoms with van der Waals surface area (Å²) in [7, 11) is 1.85. The molecule has 1 unspecified atom stereocenters. The highest BCUT2D eigenvalue weighted by atomic mass is 19.3. The number of hydrogen-bond acceptors (Lipinski definition) is 5. The molecule has 1 N–H and O–H groups in total. The number of nitrogens with zero attached hydrogens (tertiary/aromatic N) is 5. The Morgan fingerprint density at radius 3 is 2.69 bits per heavy atom. The Labute approximate surface area is 224 Å². The second-order valence-electron chi connectivity index (χ2n) is 10.7. The monoisotopic (exact) mass is 535 g/mol. The van der Waals surface area contributed by atoms with Crippen molar-refractivity contribution in [3.8, 4) is 5.75 Å². The van der Waals surface area contributed by atoms with Gasteiger partial charge < -0.3 is 19.3 Å². The number of fused-ring (bicyclic) bond motifs is 1. The maximum absolute atomic E-state index is 13.5. The first-order valence-corrected chi connectivity index (χ1v) is 13.3. The van der Waals surface area contributed by atoms with Gasteiger partial charge in [0.25, 0.3) is 5.92 Å². The number of ether oxygens (including phenoxy) is 1. The van der Waals surface area contributed by atoms with Gasteiger partial charge >= 0.3 is 5.97 Å². The van der Waals surface area contributed by atoms with Gasteiger partial charge in [0.15, 0.2) is 0 Å². The zero-order valence-corrected chi connectivity index (χ0v) is 21.8. The Hall–Kier alpha value is -3.95. The van der Waals surface area contributed by atoms with E-state index in [0.717, 1.165) is 53.1 Å². The first-order chi connectivity index (χ1) is 18.8. The SMILES string of the molecule is Cn1ccc(COc2ccc3nc(C4CCCC[C@H]4C(=O)O)n(Cc4cccc(N5CC(F)(F)C5)c4)c3c2)n1. The average molecular weight is 536 g/mol. The number of halogens is 2. The predicted octanol–water partition coefficient (Wildman–Crippen LogP) is 5.21. The van der Waals surface area contributed by atoms with Crippen molar-refractivity contribution < 1.29 is 23.4 Å². The fourth-order valence-corrected chi connectivity index (χ4v) is 5.82. The number of rotatable bonds is 8. The van der Waals surface area contributed by atoms with Gasteiger partial charge in [0, 0.05) is 37.5 Å². The molecule has 10 heteroatoms. The number of benzene rings is 2. The Bertz CT molecular complexity index is 1510. The zero-order chi connectivity index (χ0) is 27.1. The number of anilines is 1. The van der Waals surface area contributed by atoms with Crippen molar-refractivity contribution in [2.45, 2.75) is 50.7 Å². The van der Waals surface area contributed by atoms with E-state index < -0.39 is 17.8 Å². The summed E-state index contributed by atoms with van der Waals surface area (Å²) >= 11 is 0. The Morgan fingerprint density at radius 2 is 1.95 bits per heavy atom. The van der Waals surface area contributed by atoms with Crippen LogP contribution in [0, 0.1) is 5.92 Å². The summed E-state index contributed by atoms with van der Waals surface area (Å²) in [5.41, 5.74) is 4.12. The second kappa shape index (κ2) is 9.98. The highest BCUT2D eigenvalue weighted by molar-refractivity contribution is 5.79. The molecule has 4 aromatic rings. The molecular weight excluding hydrogens is 504 g/mol. The molecule has 8 nitrogen and oxygen atoms in total. The minimum Gasteiger partial charge on any atom is -0.487 e. The van der Waals surface area contributed by atoms with Gasteiger partial charge in [0.2, 0.25) is 0 Å². The van der Waals surface area contributed by atoms with Crippen LogP contribution in [0.3, 0.4) is 0 Å². The summed E-state index contributed by atoms with van der Waals surface area (Å²) in [6.07, 6.45) is 5.09. The number of aliphatic carboxylic acids is 1. The van der Waals surface area contributed by atoms with Crippen LogP contribution in [0.15, 0.2) is 54.7 Å². The van der Waals surface area contributed by atoms with E-state index in [1.54, 1.807) is 9.58 Å². The zero-order valence-electron chi connectivity index (χ0n) is 21.8. The van der Waals surface area contributed by atoms with E-state index in [1.807, 2.05) is 61.8 Å². The van der Waals surface area contributed by atoms with E-state index in [9.17, 15) is 18.7 Å². The van der Waals surface area contributed by atoms with Crippen LogP contribution in [0.5, 0.6) is 5.75 Å². The van der Waals surface area contributed by atoms with E-state index in [0.29, 0.717) is 25.3 Å². The van der Waals surface area contributed by atoms with Crippen molar-refractivity contribution >= 4 is 22.7 Å². The van der Waals surface area contributed by atoms with Gasteiger partial charge in [0.1, 0.15) is 18.2 Å². The highest BCUT2D eigenvalue weighted by Gasteiger charge is 2.44. The molecule has 2 atom stereocenters. The minimum atomic E-state index is -2.65. The molecule has 3 heterocycles. The number of carboxylic acid groups (broad SMARTS) is 1. The van der Waals surface area contributed by atoms with E-state index in [4.69, 9.17) is 9.72 Å². The largest absolute Gasteiger partial charge is 0.487 e. The van der Waals surface area contributed by atoms with Crippen LogP contribution >= 0.6 is 0 Å². The Balaban J connectivity index is 1.36. The van der Waals surface area contributed by atoms with Gasteiger partial charge in [-0.05, 0) is 48.7 Å². The molecule has 2 aromatic heterocycles. The first kappa shape index (κ1) is 25.3. The summed E-state index contributed by atoms with van der Waals surface area (Å²) < 4.78 is 36.9. The standard InChI is InChI=1S/C29H31F2N5O3/c1-34-12-11-20(33-34)16-39-22-9-10-25-26(14-22)36(27(32-25)23-7-2-3-8-24(23)28(37)38)15-19-5-4-6-21(13-19)35-17-29(30,31)18-35/h4-6,9-14,23-24H,2-3,7-8,15-18H2,1H3,(H,37,38)/t23?,24-/m1/s1. The normalized spacial score (nSPS) is 20.6. The number of alkyl halides is 2. The molecule has 2 fully saturated rings. The van der Waals surface area contributed by atoms with E-state index in [-0.39, 0.29) is 19.0 Å². The van der Waals surface area contributed by atoms with Gasteiger partial charge in [0.05, 0.1) is 35.7 Å². The Morgan fingerprint density at radius 1 is 1.13 bits per heavy atom. The molecule has 1 aliphatic carbocycles. The average Bonchev–Trinajstić information content (AvgIpc) is 3.49. The Kier molecular flexibility index (Phi) is 6.48. The summed E-state index contributed by atoms with van der Waals surface area (Å²) in [6, 6.07) is 15.2. The van der Waals surface area contributed by atoms with Gasteiger partial charge in [-0.15, -0.1) is 0 Å².